The Bertz CT molecular complexity index is 785. The monoisotopic (exact) mass is 378 g/mol. The number of rotatable bonds is 4. The van der Waals surface area contributed by atoms with Crippen molar-refractivity contribution in [3.05, 3.63) is 58.4 Å². The van der Waals surface area contributed by atoms with Crippen LogP contribution in [0.3, 0.4) is 0 Å². The van der Waals surface area contributed by atoms with E-state index in [4.69, 9.17) is 9.98 Å². The first kappa shape index (κ1) is 22.3. The molecule has 0 amide bonds. The van der Waals surface area contributed by atoms with Crippen molar-refractivity contribution in [1.82, 2.24) is 4.98 Å². The number of pyridine rings is 1. The fourth-order valence-electron chi connectivity index (χ4n) is 3.23. The Morgan fingerprint density at radius 3 is 1.79 bits per heavy atom. The van der Waals surface area contributed by atoms with Gasteiger partial charge in [0.2, 0.25) is 0 Å². The average molecular weight is 379 g/mol. The minimum Gasteiger partial charge on any atom is -0.254 e. The van der Waals surface area contributed by atoms with Crippen molar-refractivity contribution in [2.45, 2.75) is 91.9 Å². The Labute approximate surface area is 172 Å². The largest absolute Gasteiger partial charge is 0.254 e. The summed E-state index contributed by atoms with van der Waals surface area (Å²) in [4.78, 5) is 9.91. The lowest BCUT2D eigenvalue weighted by molar-refractivity contribution is 0.552. The Kier molecular flexibility index (Phi) is 6.53. The van der Waals surface area contributed by atoms with Crippen molar-refractivity contribution in [2.75, 3.05) is 0 Å². The van der Waals surface area contributed by atoms with Crippen molar-refractivity contribution >= 4 is 11.9 Å². The summed E-state index contributed by atoms with van der Waals surface area (Å²) < 4.78 is 0. The summed E-state index contributed by atoms with van der Waals surface area (Å²) >= 11 is 0. The van der Waals surface area contributed by atoms with Crippen molar-refractivity contribution in [2.24, 2.45) is 4.99 Å². The lowest BCUT2D eigenvalue weighted by Gasteiger charge is -2.24. The van der Waals surface area contributed by atoms with E-state index in [1.165, 1.54) is 16.7 Å². The van der Waals surface area contributed by atoms with Gasteiger partial charge in [0, 0.05) is 11.1 Å². The molecule has 1 aromatic heterocycles. The topological polar surface area (TPSA) is 25.2 Å². The van der Waals surface area contributed by atoms with E-state index in [9.17, 15) is 0 Å². The Hall–Kier alpha value is -1.96. The first-order chi connectivity index (χ1) is 12.8. The van der Waals surface area contributed by atoms with Crippen LogP contribution >= 0.6 is 0 Å². The molecule has 0 saturated heterocycles. The number of benzene rings is 1. The van der Waals surface area contributed by atoms with E-state index < -0.39 is 0 Å². The third kappa shape index (κ3) is 5.31. The molecule has 1 heterocycles. The molecule has 2 rings (SSSR count). The molecule has 0 spiro atoms. The van der Waals surface area contributed by atoms with Crippen LogP contribution in [0.1, 0.15) is 109 Å². The van der Waals surface area contributed by atoms with Crippen LogP contribution in [0.2, 0.25) is 0 Å². The first-order valence-corrected chi connectivity index (χ1v) is 10.5. The van der Waals surface area contributed by atoms with Gasteiger partial charge in [-0.1, -0.05) is 87.4 Å². The van der Waals surface area contributed by atoms with Gasteiger partial charge in [0.15, 0.2) is 0 Å². The van der Waals surface area contributed by atoms with Gasteiger partial charge in [0.05, 0.1) is 17.6 Å². The molecule has 0 fully saturated rings. The van der Waals surface area contributed by atoms with Crippen molar-refractivity contribution in [3.8, 4) is 0 Å². The molecule has 0 radical (unpaired) electrons. The van der Waals surface area contributed by atoms with Gasteiger partial charge < -0.3 is 0 Å². The van der Waals surface area contributed by atoms with Crippen LogP contribution in [0.5, 0.6) is 0 Å². The highest BCUT2D eigenvalue weighted by Crippen LogP contribution is 2.35. The second kappa shape index (κ2) is 8.19. The predicted octanol–water partition coefficient (Wildman–Crippen LogP) is 7.67. The quantitative estimate of drug-likeness (QED) is 0.501. The molecule has 2 nitrogen and oxygen atoms in total. The van der Waals surface area contributed by atoms with E-state index in [1.807, 2.05) is 6.21 Å². The van der Waals surface area contributed by atoms with Crippen LogP contribution in [-0.2, 0) is 10.8 Å². The van der Waals surface area contributed by atoms with Gasteiger partial charge in [-0.2, -0.15) is 0 Å². The van der Waals surface area contributed by atoms with Gasteiger partial charge in [0.1, 0.15) is 0 Å². The molecule has 0 aliphatic carbocycles. The number of nitrogens with zero attached hydrogens (tertiary/aromatic N) is 2. The first-order valence-electron chi connectivity index (χ1n) is 10.5. The molecule has 28 heavy (non-hydrogen) atoms. The zero-order valence-electron chi connectivity index (χ0n) is 19.5. The highest BCUT2D eigenvalue weighted by Gasteiger charge is 2.21. The lowest BCUT2D eigenvalue weighted by atomic mass is 9.83. The lowest BCUT2D eigenvalue weighted by Crippen LogP contribution is -2.19. The summed E-state index contributed by atoms with van der Waals surface area (Å²) in [5, 5.41) is 0. The minimum absolute atomic E-state index is 0.00276. The number of hydrogen-bond acceptors (Lipinski definition) is 2. The molecule has 2 heteroatoms. The van der Waals surface area contributed by atoms with Gasteiger partial charge in [-0.05, 0) is 46.1 Å². The van der Waals surface area contributed by atoms with Crippen molar-refractivity contribution in [3.63, 3.8) is 0 Å². The van der Waals surface area contributed by atoms with Gasteiger partial charge in [-0.25, -0.2) is 0 Å². The highest BCUT2D eigenvalue weighted by molar-refractivity contribution is 5.81. The Morgan fingerprint density at radius 2 is 1.36 bits per heavy atom. The van der Waals surface area contributed by atoms with Gasteiger partial charge in [0.25, 0.3) is 0 Å². The van der Waals surface area contributed by atoms with E-state index in [-0.39, 0.29) is 10.8 Å². The molecule has 0 aliphatic rings. The zero-order valence-corrected chi connectivity index (χ0v) is 19.5. The molecule has 0 aliphatic heterocycles. The average Bonchev–Trinajstić information content (AvgIpc) is 2.57. The molecule has 152 valence electrons. The maximum atomic E-state index is 4.98. The van der Waals surface area contributed by atoms with E-state index in [1.54, 1.807) is 0 Å². The van der Waals surface area contributed by atoms with Gasteiger partial charge in [-0.15, -0.1) is 0 Å². The molecule has 0 bridgehead atoms. The van der Waals surface area contributed by atoms with Crippen LogP contribution in [0.25, 0.3) is 0 Å². The summed E-state index contributed by atoms with van der Waals surface area (Å²) in [6, 6.07) is 11.0. The second-order valence-corrected chi connectivity index (χ2v) is 10.5. The molecule has 0 saturated carbocycles. The van der Waals surface area contributed by atoms with Crippen LogP contribution in [0, 0.1) is 0 Å². The van der Waals surface area contributed by atoms with E-state index in [2.05, 4.69) is 99.6 Å². The fourth-order valence-corrected chi connectivity index (χ4v) is 3.23. The van der Waals surface area contributed by atoms with Crippen LogP contribution in [-0.4, -0.2) is 11.2 Å². The standard InChI is InChI=1S/C26H38N2/c1-17(2)21-12-11-13-22(18(3)4)24(21)27-16-20-14-19(25(5,6)7)15-23(28-20)26(8,9)10/h11-18H,1-10H3. The maximum Gasteiger partial charge on any atom is 0.0819 e. The zero-order chi connectivity index (χ0) is 21.3. The predicted molar refractivity (Wildman–Crippen MR) is 124 cm³/mol. The molecular formula is C26H38N2. The van der Waals surface area contributed by atoms with Crippen LogP contribution in [0.4, 0.5) is 5.69 Å². The van der Waals surface area contributed by atoms with Crippen molar-refractivity contribution < 1.29 is 0 Å². The third-order valence-electron chi connectivity index (χ3n) is 5.15. The minimum atomic E-state index is 0.00276. The summed E-state index contributed by atoms with van der Waals surface area (Å²) in [5.74, 6) is 0.870. The Morgan fingerprint density at radius 1 is 0.821 bits per heavy atom. The molecule has 0 N–H and O–H groups in total. The van der Waals surface area contributed by atoms with Gasteiger partial charge >= 0.3 is 0 Å². The number of aromatic nitrogens is 1. The smallest absolute Gasteiger partial charge is 0.0819 e. The fraction of sp³-hybridized carbons (Fsp3) is 0.538. The molecular weight excluding hydrogens is 340 g/mol. The molecule has 0 atom stereocenters. The summed E-state index contributed by atoms with van der Waals surface area (Å²) in [6.45, 7) is 22.3. The Balaban J connectivity index is 2.61. The van der Waals surface area contributed by atoms with Crippen LogP contribution < -0.4 is 0 Å². The van der Waals surface area contributed by atoms with Gasteiger partial charge in [-0.3, -0.25) is 9.98 Å². The SMILES string of the molecule is CC(C)c1cccc(C(C)C)c1N=Cc1cc(C(C)(C)C)cc(C(C)(C)C)n1. The van der Waals surface area contributed by atoms with E-state index >= 15 is 0 Å². The second-order valence-electron chi connectivity index (χ2n) is 10.5. The normalized spacial score (nSPS) is 13.1. The van der Waals surface area contributed by atoms with E-state index in [0.29, 0.717) is 11.8 Å². The number of hydrogen-bond donors (Lipinski definition) is 0. The van der Waals surface area contributed by atoms with Crippen LogP contribution in [0.15, 0.2) is 35.3 Å². The summed E-state index contributed by atoms with van der Waals surface area (Å²) in [5.41, 5.74) is 7.12. The number of para-hydroxylation sites is 1. The van der Waals surface area contributed by atoms with E-state index in [0.717, 1.165) is 17.1 Å². The molecule has 1 aromatic carbocycles. The number of aliphatic imine (C=N–C) groups is 1. The highest BCUT2D eigenvalue weighted by atomic mass is 14.8. The molecule has 0 unspecified atom stereocenters. The third-order valence-corrected chi connectivity index (χ3v) is 5.15. The van der Waals surface area contributed by atoms with Crippen molar-refractivity contribution in [1.29, 1.82) is 0 Å². The summed E-state index contributed by atoms with van der Waals surface area (Å²) in [7, 11) is 0. The molecule has 2 aromatic rings. The maximum absolute atomic E-state index is 4.98. The summed E-state index contributed by atoms with van der Waals surface area (Å²) in [6.07, 6.45) is 1.96.